The zero-order valence-electron chi connectivity index (χ0n) is 12.0. The van der Waals surface area contributed by atoms with Crippen molar-refractivity contribution in [2.45, 2.75) is 19.4 Å². The predicted octanol–water partition coefficient (Wildman–Crippen LogP) is 2.04. The Morgan fingerprint density at radius 3 is 2.60 bits per heavy atom. The SMILES string of the molecule is COc1cnc(C(N)Cc2ccccc2C)c(OC)n1. The molecule has 0 aliphatic carbocycles. The second-order valence-corrected chi connectivity index (χ2v) is 4.54. The Morgan fingerprint density at radius 1 is 1.20 bits per heavy atom. The molecule has 106 valence electrons. The average Bonchev–Trinajstić information content (AvgIpc) is 2.48. The van der Waals surface area contributed by atoms with Crippen LogP contribution in [-0.2, 0) is 6.42 Å². The Bertz CT molecular complexity index is 587. The number of rotatable bonds is 5. The van der Waals surface area contributed by atoms with Gasteiger partial charge in [-0.1, -0.05) is 24.3 Å². The minimum absolute atomic E-state index is 0.274. The highest BCUT2D eigenvalue weighted by atomic mass is 16.5. The van der Waals surface area contributed by atoms with E-state index in [0.29, 0.717) is 23.9 Å². The van der Waals surface area contributed by atoms with Gasteiger partial charge < -0.3 is 15.2 Å². The van der Waals surface area contributed by atoms with Crippen LogP contribution in [0.2, 0.25) is 0 Å². The number of methoxy groups -OCH3 is 2. The summed E-state index contributed by atoms with van der Waals surface area (Å²) in [5.74, 6) is 0.819. The molecule has 5 heteroatoms. The smallest absolute Gasteiger partial charge is 0.240 e. The van der Waals surface area contributed by atoms with E-state index in [1.54, 1.807) is 13.3 Å². The van der Waals surface area contributed by atoms with Gasteiger partial charge in [-0.05, 0) is 24.5 Å². The fourth-order valence-electron chi connectivity index (χ4n) is 2.04. The summed E-state index contributed by atoms with van der Waals surface area (Å²) in [5.41, 5.74) is 9.28. The van der Waals surface area contributed by atoms with Crippen molar-refractivity contribution in [2.75, 3.05) is 14.2 Å². The third-order valence-electron chi connectivity index (χ3n) is 3.20. The first kappa shape index (κ1) is 14.3. The average molecular weight is 273 g/mol. The molecule has 0 saturated carbocycles. The van der Waals surface area contributed by atoms with Crippen LogP contribution in [0.25, 0.3) is 0 Å². The number of hydrogen-bond donors (Lipinski definition) is 1. The molecule has 0 bridgehead atoms. The van der Waals surface area contributed by atoms with Crippen LogP contribution < -0.4 is 15.2 Å². The first-order valence-electron chi connectivity index (χ1n) is 6.40. The molecule has 2 N–H and O–H groups in total. The fraction of sp³-hybridized carbons (Fsp3) is 0.333. The van der Waals surface area contributed by atoms with Crippen molar-refractivity contribution in [3.63, 3.8) is 0 Å². The summed E-state index contributed by atoms with van der Waals surface area (Å²) in [6, 6.07) is 7.88. The standard InChI is InChI=1S/C15H19N3O2/c1-10-6-4-5-7-11(10)8-12(16)14-15(20-3)18-13(19-2)9-17-14/h4-7,9,12H,8,16H2,1-3H3. The van der Waals surface area contributed by atoms with Crippen LogP contribution in [0.4, 0.5) is 0 Å². The molecule has 0 spiro atoms. The van der Waals surface area contributed by atoms with Gasteiger partial charge in [-0.25, -0.2) is 4.98 Å². The van der Waals surface area contributed by atoms with Crippen molar-refractivity contribution in [1.82, 2.24) is 9.97 Å². The van der Waals surface area contributed by atoms with Crippen LogP contribution >= 0.6 is 0 Å². The lowest BCUT2D eigenvalue weighted by molar-refractivity contribution is 0.353. The Kier molecular flexibility index (Phi) is 4.53. The van der Waals surface area contributed by atoms with Crippen molar-refractivity contribution in [3.05, 3.63) is 47.3 Å². The number of aromatic nitrogens is 2. The lowest BCUT2D eigenvalue weighted by atomic mass is 10.00. The van der Waals surface area contributed by atoms with E-state index < -0.39 is 0 Å². The maximum atomic E-state index is 6.24. The zero-order chi connectivity index (χ0) is 14.5. The molecule has 0 radical (unpaired) electrons. The summed E-state index contributed by atoms with van der Waals surface area (Å²) in [4.78, 5) is 8.52. The number of nitrogens with zero attached hydrogens (tertiary/aromatic N) is 2. The Balaban J connectivity index is 2.25. The lowest BCUT2D eigenvalue weighted by Crippen LogP contribution is -2.17. The number of hydrogen-bond acceptors (Lipinski definition) is 5. The van der Waals surface area contributed by atoms with E-state index in [9.17, 15) is 0 Å². The van der Waals surface area contributed by atoms with Crippen LogP contribution in [0.15, 0.2) is 30.5 Å². The molecule has 1 unspecified atom stereocenters. The van der Waals surface area contributed by atoms with E-state index >= 15 is 0 Å². The van der Waals surface area contributed by atoms with Crippen molar-refractivity contribution in [2.24, 2.45) is 5.73 Å². The maximum Gasteiger partial charge on any atom is 0.240 e. The normalized spacial score (nSPS) is 12.0. The molecule has 1 aromatic carbocycles. The molecule has 20 heavy (non-hydrogen) atoms. The van der Waals surface area contributed by atoms with Gasteiger partial charge in [0, 0.05) is 0 Å². The minimum Gasteiger partial charge on any atom is -0.480 e. The molecule has 1 atom stereocenters. The summed E-state index contributed by atoms with van der Waals surface area (Å²) >= 11 is 0. The Hall–Kier alpha value is -2.14. The van der Waals surface area contributed by atoms with Crippen LogP contribution in [-0.4, -0.2) is 24.2 Å². The van der Waals surface area contributed by atoms with Crippen LogP contribution in [0.5, 0.6) is 11.8 Å². The monoisotopic (exact) mass is 273 g/mol. The van der Waals surface area contributed by atoms with Crippen molar-refractivity contribution >= 4 is 0 Å². The highest BCUT2D eigenvalue weighted by Crippen LogP contribution is 2.25. The summed E-state index contributed by atoms with van der Waals surface area (Å²) in [6.07, 6.45) is 2.24. The van der Waals surface area contributed by atoms with Gasteiger partial charge in [0.15, 0.2) is 0 Å². The lowest BCUT2D eigenvalue weighted by Gasteiger charge is -2.15. The van der Waals surface area contributed by atoms with Crippen molar-refractivity contribution < 1.29 is 9.47 Å². The van der Waals surface area contributed by atoms with E-state index in [1.807, 2.05) is 12.1 Å². The van der Waals surface area contributed by atoms with Crippen LogP contribution in [0.1, 0.15) is 22.9 Å². The van der Waals surface area contributed by atoms with E-state index in [4.69, 9.17) is 15.2 Å². The highest BCUT2D eigenvalue weighted by Gasteiger charge is 2.17. The van der Waals surface area contributed by atoms with Gasteiger partial charge in [-0.3, -0.25) is 0 Å². The number of ether oxygens (including phenoxy) is 2. The molecule has 5 nitrogen and oxygen atoms in total. The predicted molar refractivity (Wildman–Crippen MR) is 76.9 cm³/mol. The van der Waals surface area contributed by atoms with Gasteiger partial charge in [0.25, 0.3) is 0 Å². The van der Waals surface area contributed by atoms with Crippen molar-refractivity contribution in [1.29, 1.82) is 0 Å². The molecule has 2 aromatic rings. The van der Waals surface area contributed by atoms with Gasteiger partial charge in [0.2, 0.25) is 11.8 Å². The third kappa shape index (κ3) is 3.05. The van der Waals surface area contributed by atoms with Gasteiger partial charge in [0.05, 0.1) is 26.5 Å². The quantitative estimate of drug-likeness (QED) is 0.902. The van der Waals surface area contributed by atoms with E-state index in [0.717, 1.165) is 0 Å². The second kappa shape index (κ2) is 6.34. The molecule has 0 aliphatic rings. The summed E-state index contributed by atoms with van der Waals surface area (Å²) < 4.78 is 10.3. The Morgan fingerprint density at radius 2 is 1.95 bits per heavy atom. The first-order valence-corrected chi connectivity index (χ1v) is 6.40. The Labute approximate surface area is 118 Å². The van der Waals surface area contributed by atoms with Gasteiger partial charge >= 0.3 is 0 Å². The number of aryl methyl sites for hydroxylation is 1. The van der Waals surface area contributed by atoms with Crippen LogP contribution in [0, 0.1) is 6.92 Å². The second-order valence-electron chi connectivity index (χ2n) is 4.54. The van der Waals surface area contributed by atoms with E-state index in [-0.39, 0.29) is 6.04 Å². The largest absolute Gasteiger partial charge is 0.480 e. The summed E-state index contributed by atoms with van der Waals surface area (Å²) in [7, 11) is 3.09. The van der Waals surface area contributed by atoms with Gasteiger partial charge in [-0.2, -0.15) is 4.98 Å². The van der Waals surface area contributed by atoms with Gasteiger partial charge in [-0.15, -0.1) is 0 Å². The molecule has 0 fully saturated rings. The highest BCUT2D eigenvalue weighted by molar-refractivity contribution is 5.30. The molecular formula is C15H19N3O2. The molecule has 1 heterocycles. The molecular weight excluding hydrogens is 254 g/mol. The molecule has 0 amide bonds. The third-order valence-corrected chi connectivity index (χ3v) is 3.20. The molecule has 0 saturated heterocycles. The minimum atomic E-state index is -0.274. The first-order chi connectivity index (χ1) is 9.65. The van der Waals surface area contributed by atoms with Crippen LogP contribution in [0.3, 0.4) is 0 Å². The maximum absolute atomic E-state index is 6.24. The zero-order valence-corrected chi connectivity index (χ0v) is 12.0. The summed E-state index contributed by atoms with van der Waals surface area (Å²) in [5, 5.41) is 0. The number of nitrogens with two attached hydrogens (primary N) is 1. The van der Waals surface area contributed by atoms with Crippen molar-refractivity contribution in [3.8, 4) is 11.8 Å². The van der Waals surface area contributed by atoms with E-state index in [2.05, 4.69) is 29.0 Å². The van der Waals surface area contributed by atoms with Gasteiger partial charge in [0.1, 0.15) is 5.69 Å². The number of benzene rings is 1. The summed E-state index contributed by atoms with van der Waals surface area (Å²) in [6.45, 7) is 2.07. The molecule has 2 rings (SSSR count). The van der Waals surface area contributed by atoms with E-state index in [1.165, 1.54) is 18.2 Å². The topological polar surface area (TPSA) is 70.3 Å². The molecule has 0 aliphatic heterocycles. The molecule has 1 aromatic heterocycles. The fourth-order valence-corrected chi connectivity index (χ4v) is 2.04.